The largest absolute Gasteiger partial charge is 0.327 e. The third-order valence-corrected chi connectivity index (χ3v) is 4.50. The molecule has 0 aromatic carbocycles. The second-order valence-corrected chi connectivity index (χ2v) is 5.45. The minimum atomic E-state index is 0.483. The molecular formula is C12H24N2. The van der Waals surface area contributed by atoms with E-state index >= 15 is 0 Å². The van der Waals surface area contributed by atoms with Crippen LogP contribution in [0.4, 0.5) is 0 Å². The summed E-state index contributed by atoms with van der Waals surface area (Å²) in [7, 11) is 0. The SMILES string of the molecule is CCN1CCC2(CC1)CC(C)C[C@H]2N. The molecule has 1 aliphatic carbocycles. The number of likely N-dealkylation sites (tertiary alicyclic amines) is 1. The van der Waals surface area contributed by atoms with Crippen molar-refractivity contribution in [3.05, 3.63) is 0 Å². The van der Waals surface area contributed by atoms with E-state index in [0.717, 1.165) is 5.92 Å². The summed E-state index contributed by atoms with van der Waals surface area (Å²) in [5.74, 6) is 0.859. The van der Waals surface area contributed by atoms with Gasteiger partial charge in [-0.05, 0) is 56.7 Å². The van der Waals surface area contributed by atoms with Crippen molar-refractivity contribution < 1.29 is 0 Å². The van der Waals surface area contributed by atoms with Crippen molar-refractivity contribution in [3.8, 4) is 0 Å². The third kappa shape index (κ3) is 1.70. The number of hydrogen-bond donors (Lipinski definition) is 1. The van der Waals surface area contributed by atoms with Crippen molar-refractivity contribution in [1.29, 1.82) is 0 Å². The van der Waals surface area contributed by atoms with Gasteiger partial charge in [-0.3, -0.25) is 0 Å². The standard InChI is InChI=1S/C12H24N2/c1-3-14-6-4-12(5-7-14)9-10(2)8-11(12)13/h10-11H,3-9,13H2,1-2H3/t10?,11-/m1/s1. The molecule has 2 nitrogen and oxygen atoms in total. The number of hydrogen-bond acceptors (Lipinski definition) is 2. The van der Waals surface area contributed by atoms with Crippen molar-refractivity contribution in [2.75, 3.05) is 19.6 Å². The van der Waals surface area contributed by atoms with Crippen LogP contribution in [-0.4, -0.2) is 30.6 Å². The smallest absolute Gasteiger partial charge is 0.00991 e. The minimum Gasteiger partial charge on any atom is -0.327 e. The predicted molar refractivity (Wildman–Crippen MR) is 60.2 cm³/mol. The molecule has 0 bridgehead atoms. The summed E-state index contributed by atoms with van der Waals surface area (Å²) < 4.78 is 0. The first-order chi connectivity index (χ1) is 6.66. The van der Waals surface area contributed by atoms with Crippen LogP contribution in [0.5, 0.6) is 0 Å². The Morgan fingerprint density at radius 1 is 1.36 bits per heavy atom. The van der Waals surface area contributed by atoms with Gasteiger partial charge in [0.25, 0.3) is 0 Å². The highest BCUT2D eigenvalue weighted by Gasteiger charge is 2.45. The lowest BCUT2D eigenvalue weighted by Crippen LogP contribution is -2.46. The number of piperidine rings is 1. The van der Waals surface area contributed by atoms with E-state index < -0.39 is 0 Å². The summed E-state index contributed by atoms with van der Waals surface area (Å²) >= 11 is 0. The summed E-state index contributed by atoms with van der Waals surface area (Å²) in [6.45, 7) is 8.38. The van der Waals surface area contributed by atoms with Crippen molar-refractivity contribution in [1.82, 2.24) is 4.90 Å². The molecule has 2 rings (SSSR count). The average molecular weight is 196 g/mol. The van der Waals surface area contributed by atoms with Crippen molar-refractivity contribution in [2.24, 2.45) is 17.1 Å². The monoisotopic (exact) mass is 196 g/mol. The van der Waals surface area contributed by atoms with Gasteiger partial charge < -0.3 is 10.6 Å². The molecular weight excluding hydrogens is 172 g/mol. The Bertz CT molecular complexity index is 194. The van der Waals surface area contributed by atoms with Gasteiger partial charge in [-0.2, -0.15) is 0 Å². The molecule has 1 spiro atoms. The number of rotatable bonds is 1. The lowest BCUT2D eigenvalue weighted by atomic mass is 9.74. The van der Waals surface area contributed by atoms with Crippen LogP contribution in [0.1, 0.15) is 39.5 Å². The summed E-state index contributed by atoms with van der Waals surface area (Å²) in [5.41, 5.74) is 6.82. The van der Waals surface area contributed by atoms with Crippen molar-refractivity contribution in [2.45, 2.75) is 45.6 Å². The highest BCUT2D eigenvalue weighted by Crippen LogP contribution is 2.47. The Morgan fingerprint density at radius 3 is 2.43 bits per heavy atom. The summed E-state index contributed by atoms with van der Waals surface area (Å²) in [6, 6.07) is 0.483. The zero-order valence-corrected chi connectivity index (χ0v) is 9.63. The highest BCUT2D eigenvalue weighted by atomic mass is 15.1. The topological polar surface area (TPSA) is 29.3 Å². The predicted octanol–water partition coefficient (Wildman–Crippen LogP) is 1.85. The molecule has 2 N–H and O–H groups in total. The molecule has 1 saturated heterocycles. The molecule has 2 aliphatic rings. The molecule has 0 amide bonds. The van der Waals surface area contributed by atoms with Crippen LogP contribution in [0.15, 0.2) is 0 Å². The summed E-state index contributed by atoms with van der Waals surface area (Å²) in [5, 5.41) is 0. The first kappa shape index (κ1) is 10.4. The lowest BCUT2D eigenvalue weighted by molar-refractivity contribution is 0.0964. The zero-order valence-electron chi connectivity index (χ0n) is 9.63. The Morgan fingerprint density at radius 2 is 2.00 bits per heavy atom. The van der Waals surface area contributed by atoms with Crippen molar-refractivity contribution >= 4 is 0 Å². The third-order valence-electron chi connectivity index (χ3n) is 4.50. The van der Waals surface area contributed by atoms with Gasteiger partial charge in [0.05, 0.1) is 0 Å². The van der Waals surface area contributed by atoms with Crippen LogP contribution in [0.3, 0.4) is 0 Å². The molecule has 2 fully saturated rings. The van der Waals surface area contributed by atoms with Crippen LogP contribution in [-0.2, 0) is 0 Å². The zero-order chi connectivity index (χ0) is 10.2. The Balaban J connectivity index is 1.98. The molecule has 1 aliphatic heterocycles. The maximum absolute atomic E-state index is 6.30. The van der Waals surface area contributed by atoms with E-state index in [4.69, 9.17) is 5.73 Å². The second-order valence-electron chi connectivity index (χ2n) is 5.45. The molecule has 14 heavy (non-hydrogen) atoms. The normalized spacial score (nSPS) is 37.9. The molecule has 2 atom stereocenters. The quantitative estimate of drug-likeness (QED) is 0.693. The lowest BCUT2D eigenvalue weighted by Gasteiger charge is -2.41. The van der Waals surface area contributed by atoms with Crippen LogP contribution in [0.25, 0.3) is 0 Å². The number of nitrogens with two attached hydrogens (primary N) is 1. The van der Waals surface area contributed by atoms with Gasteiger partial charge >= 0.3 is 0 Å². The summed E-state index contributed by atoms with van der Waals surface area (Å²) in [6.07, 6.45) is 5.32. The fourth-order valence-electron chi connectivity index (χ4n) is 3.50. The molecule has 1 heterocycles. The van der Waals surface area contributed by atoms with Crippen LogP contribution in [0.2, 0.25) is 0 Å². The molecule has 1 saturated carbocycles. The van der Waals surface area contributed by atoms with E-state index in [1.165, 1.54) is 45.3 Å². The van der Waals surface area contributed by atoms with Crippen molar-refractivity contribution in [3.63, 3.8) is 0 Å². The maximum Gasteiger partial charge on any atom is 0.00991 e. The van der Waals surface area contributed by atoms with Gasteiger partial charge in [0.15, 0.2) is 0 Å². The van der Waals surface area contributed by atoms with E-state index in [1.807, 2.05) is 0 Å². The Labute approximate surface area is 87.8 Å². The van der Waals surface area contributed by atoms with E-state index in [0.29, 0.717) is 11.5 Å². The van der Waals surface area contributed by atoms with E-state index in [1.54, 1.807) is 0 Å². The number of nitrogens with zero attached hydrogens (tertiary/aromatic N) is 1. The van der Waals surface area contributed by atoms with Gasteiger partial charge in [-0.15, -0.1) is 0 Å². The van der Waals surface area contributed by atoms with E-state index in [-0.39, 0.29) is 0 Å². The van der Waals surface area contributed by atoms with Crippen LogP contribution in [0, 0.1) is 11.3 Å². The molecule has 0 aromatic rings. The Hall–Kier alpha value is -0.0800. The molecule has 2 heteroatoms. The first-order valence-corrected chi connectivity index (χ1v) is 6.14. The summed E-state index contributed by atoms with van der Waals surface area (Å²) in [4.78, 5) is 2.56. The van der Waals surface area contributed by atoms with Gasteiger partial charge in [-0.25, -0.2) is 0 Å². The van der Waals surface area contributed by atoms with Crippen LogP contribution < -0.4 is 5.73 Å². The Kier molecular flexibility index (Phi) is 2.85. The van der Waals surface area contributed by atoms with E-state index in [2.05, 4.69) is 18.7 Å². The fourth-order valence-corrected chi connectivity index (χ4v) is 3.50. The van der Waals surface area contributed by atoms with Crippen LogP contribution >= 0.6 is 0 Å². The van der Waals surface area contributed by atoms with E-state index in [9.17, 15) is 0 Å². The highest BCUT2D eigenvalue weighted by molar-refractivity contribution is 4.99. The fraction of sp³-hybridized carbons (Fsp3) is 1.00. The molecule has 82 valence electrons. The minimum absolute atomic E-state index is 0.483. The molecule has 1 unspecified atom stereocenters. The first-order valence-electron chi connectivity index (χ1n) is 6.14. The van der Waals surface area contributed by atoms with Gasteiger partial charge in [-0.1, -0.05) is 13.8 Å². The van der Waals surface area contributed by atoms with Gasteiger partial charge in [0.1, 0.15) is 0 Å². The van der Waals surface area contributed by atoms with Gasteiger partial charge in [0.2, 0.25) is 0 Å². The maximum atomic E-state index is 6.30. The average Bonchev–Trinajstić information content (AvgIpc) is 2.43. The molecule has 0 aromatic heterocycles. The molecule has 0 radical (unpaired) electrons. The van der Waals surface area contributed by atoms with Gasteiger partial charge in [0, 0.05) is 6.04 Å². The second kappa shape index (κ2) is 3.82.